The average Bonchev–Trinajstić information content (AvgIpc) is 3.40. The second kappa shape index (κ2) is 12.7. The summed E-state index contributed by atoms with van der Waals surface area (Å²) in [6.07, 6.45) is 3.75. The number of amides is 1. The van der Waals surface area contributed by atoms with Gasteiger partial charge in [0.05, 0.1) is 25.5 Å². The molecular formula is C30H33N3O3. The van der Waals surface area contributed by atoms with Crippen LogP contribution in [0.4, 0.5) is 0 Å². The second-order valence-electron chi connectivity index (χ2n) is 8.89. The number of carbonyl (C=O) groups is 1. The Morgan fingerprint density at radius 1 is 0.917 bits per heavy atom. The number of aromatic amines is 1. The minimum absolute atomic E-state index is 0.0563. The molecular weight excluding hydrogens is 450 g/mol. The van der Waals surface area contributed by atoms with Gasteiger partial charge >= 0.3 is 0 Å². The van der Waals surface area contributed by atoms with E-state index in [-0.39, 0.29) is 12.0 Å². The van der Waals surface area contributed by atoms with Gasteiger partial charge in [-0.3, -0.25) is 4.79 Å². The van der Waals surface area contributed by atoms with Crippen molar-refractivity contribution in [3.63, 3.8) is 0 Å². The van der Waals surface area contributed by atoms with Gasteiger partial charge in [0.2, 0.25) is 0 Å². The average molecular weight is 484 g/mol. The van der Waals surface area contributed by atoms with Gasteiger partial charge in [-0.15, -0.1) is 0 Å². The third-order valence-corrected chi connectivity index (χ3v) is 6.32. The number of nitrogens with two attached hydrogens (primary N) is 1. The van der Waals surface area contributed by atoms with E-state index in [2.05, 4.69) is 28.2 Å². The lowest BCUT2D eigenvalue weighted by molar-refractivity contribution is 0.0307. The molecule has 0 aliphatic heterocycles. The Balaban J connectivity index is 1.43. The molecule has 3 aromatic carbocycles. The molecule has 1 aromatic heterocycles. The lowest BCUT2D eigenvalue weighted by Gasteiger charge is -2.23. The fourth-order valence-corrected chi connectivity index (χ4v) is 4.25. The summed E-state index contributed by atoms with van der Waals surface area (Å²) in [5.74, 6) is 1.01. The van der Waals surface area contributed by atoms with Crippen LogP contribution in [0.1, 0.15) is 52.3 Å². The molecule has 2 atom stereocenters. The Morgan fingerprint density at radius 2 is 1.58 bits per heavy atom. The molecule has 4 aromatic rings. The van der Waals surface area contributed by atoms with Crippen LogP contribution in [0, 0.1) is 0 Å². The predicted octanol–water partition coefficient (Wildman–Crippen LogP) is 5.45. The van der Waals surface area contributed by atoms with E-state index in [1.54, 1.807) is 0 Å². The largest absolute Gasteiger partial charge is 0.493 e. The van der Waals surface area contributed by atoms with Gasteiger partial charge in [-0.25, -0.2) is 4.98 Å². The molecule has 36 heavy (non-hydrogen) atoms. The van der Waals surface area contributed by atoms with Crippen LogP contribution in [0.5, 0.6) is 5.75 Å². The van der Waals surface area contributed by atoms with Crippen LogP contribution < -0.4 is 10.5 Å². The molecule has 186 valence electrons. The number of hydrogen-bond donors (Lipinski definition) is 2. The van der Waals surface area contributed by atoms with Crippen molar-refractivity contribution in [2.75, 3.05) is 6.61 Å². The summed E-state index contributed by atoms with van der Waals surface area (Å²) in [6.45, 7) is 3.16. The van der Waals surface area contributed by atoms with Crippen molar-refractivity contribution in [1.29, 1.82) is 0 Å². The maximum Gasteiger partial charge on any atom is 0.266 e. The molecule has 0 spiro atoms. The van der Waals surface area contributed by atoms with Gasteiger partial charge in [0.1, 0.15) is 17.3 Å². The first-order valence-electron chi connectivity index (χ1n) is 12.3. The number of nitrogens with one attached hydrogen (secondary N) is 1. The maximum atomic E-state index is 11.6. The number of carbonyl (C=O) groups excluding carboxylic acids is 1. The van der Waals surface area contributed by atoms with E-state index in [9.17, 15) is 4.79 Å². The molecule has 6 nitrogen and oxygen atoms in total. The predicted molar refractivity (Wildman–Crippen MR) is 141 cm³/mol. The van der Waals surface area contributed by atoms with Crippen LogP contribution in [0.25, 0.3) is 0 Å². The number of benzene rings is 3. The molecule has 0 radical (unpaired) electrons. The molecule has 4 rings (SSSR count). The fourth-order valence-electron chi connectivity index (χ4n) is 4.25. The Bertz CT molecular complexity index is 1220. The fraction of sp³-hybridized carbons (Fsp3) is 0.267. The van der Waals surface area contributed by atoms with Crippen LogP contribution in [0.2, 0.25) is 0 Å². The van der Waals surface area contributed by atoms with Crippen LogP contribution in [-0.4, -0.2) is 28.6 Å². The first kappa shape index (κ1) is 25.2. The molecule has 3 N–H and O–H groups in total. The molecule has 1 amide bonds. The van der Waals surface area contributed by atoms with E-state index in [1.807, 2.05) is 73.7 Å². The number of ether oxygens (including phenoxy) is 2. The van der Waals surface area contributed by atoms with Gasteiger partial charge in [-0.05, 0) is 42.5 Å². The van der Waals surface area contributed by atoms with Crippen LogP contribution in [0.15, 0.2) is 91.1 Å². The number of aryl methyl sites for hydroxylation is 1. The first-order chi connectivity index (χ1) is 17.6. The van der Waals surface area contributed by atoms with E-state index in [0.717, 1.165) is 36.1 Å². The zero-order valence-electron chi connectivity index (χ0n) is 20.6. The van der Waals surface area contributed by atoms with Gasteiger partial charge in [0, 0.05) is 12.3 Å². The first-order valence-corrected chi connectivity index (χ1v) is 12.3. The number of rotatable bonds is 13. The minimum Gasteiger partial charge on any atom is -0.493 e. The quantitative estimate of drug-likeness (QED) is 0.265. The maximum absolute atomic E-state index is 11.6. The number of H-pyrrole nitrogens is 1. The standard InChI is InChI=1S/C30H33N3O3/c1-22(36-21-24-12-6-3-7-13-24)26(30-32-20-27(33-30)29(31)34)17-16-25-14-8-9-15-28(25)35-19-18-23-10-4-2-5-11-23/h2-15,20,22,26H,16-19,21H2,1H3,(H2,31,34)(H,32,33)/t22-,26-/m0/s1. The van der Waals surface area contributed by atoms with E-state index in [1.165, 1.54) is 11.8 Å². The van der Waals surface area contributed by atoms with Gasteiger partial charge < -0.3 is 20.2 Å². The molecule has 0 aliphatic rings. The zero-order valence-corrected chi connectivity index (χ0v) is 20.6. The third-order valence-electron chi connectivity index (χ3n) is 6.32. The van der Waals surface area contributed by atoms with E-state index in [4.69, 9.17) is 15.2 Å². The van der Waals surface area contributed by atoms with E-state index < -0.39 is 5.91 Å². The van der Waals surface area contributed by atoms with E-state index >= 15 is 0 Å². The summed E-state index contributed by atoms with van der Waals surface area (Å²) in [7, 11) is 0. The monoisotopic (exact) mass is 483 g/mol. The van der Waals surface area contributed by atoms with Gasteiger partial charge in [0.15, 0.2) is 0 Å². The summed E-state index contributed by atoms with van der Waals surface area (Å²) in [5.41, 5.74) is 9.25. The van der Waals surface area contributed by atoms with Crippen molar-refractivity contribution in [2.45, 2.75) is 44.8 Å². The molecule has 1 heterocycles. The zero-order chi connectivity index (χ0) is 25.2. The number of hydrogen-bond acceptors (Lipinski definition) is 4. The Hall–Kier alpha value is -3.90. The highest BCUT2D eigenvalue weighted by Crippen LogP contribution is 2.29. The topological polar surface area (TPSA) is 90.2 Å². The SMILES string of the molecule is C[C@H](OCc1ccccc1)[C@H](CCc1ccccc1OCCc1ccccc1)c1ncc(C(N)=O)[nH]1. The minimum atomic E-state index is -0.525. The van der Waals surface area contributed by atoms with Crippen LogP contribution in [-0.2, 0) is 24.2 Å². The highest BCUT2D eigenvalue weighted by atomic mass is 16.5. The normalized spacial score (nSPS) is 12.7. The number of para-hydroxylation sites is 1. The number of aromatic nitrogens is 2. The molecule has 0 saturated heterocycles. The Morgan fingerprint density at radius 3 is 2.28 bits per heavy atom. The molecule has 0 bridgehead atoms. The van der Waals surface area contributed by atoms with Crippen LogP contribution in [0.3, 0.4) is 0 Å². The van der Waals surface area contributed by atoms with Crippen molar-refractivity contribution in [3.05, 3.63) is 119 Å². The lowest BCUT2D eigenvalue weighted by Crippen LogP contribution is -2.21. The summed E-state index contributed by atoms with van der Waals surface area (Å²) in [4.78, 5) is 19.2. The number of imidazole rings is 1. The van der Waals surface area contributed by atoms with Gasteiger partial charge in [0.25, 0.3) is 5.91 Å². The highest BCUT2D eigenvalue weighted by Gasteiger charge is 2.24. The van der Waals surface area contributed by atoms with E-state index in [0.29, 0.717) is 24.7 Å². The van der Waals surface area contributed by atoms with Crippen molar-refractivity contribution >= 4 is 5.91 Å². The van der Waals surface area contributed by atoms with Gasteiger partial charge in [-0.1, -0.05) is 78.9 Å². The van der Waals surface area contributed by atoms with Crippen molar-refractivity contribution in [1.82, 2.24) is 9.97 Å². The Kier molecular flexibility index (Phi) is 8.89. The van der Waals surface area contributed by atoms with Crippen LogP contribution >= 0.6 is 0 Å². The molecule has 0 unspecified atom stereocenters. The van der Waals surface area contributed by atoms with Crippen molar-refractivity contribution < 1.29 is 14.3 Å². The second-order valence-corrected chi connectivity index (χ2v) is 8.89. The van der Waals surface area contributed by atoms with Crippen molar-refractivity contribution in [3.8, 4) is 5.75 Å². The molecule has 0 aliphatic carbocycles. The summed E-state index contributed by atoms with van der Waals surface area (Å²) < 4.78 is 12.4. The lowest BCUT2D eigenvalue weighted by atomic mass is 9.94. The summed E-state index contributed by atoms with van der Waals surface area (Å²) in [6, 6.07) is 28.6. The number of nitrogens with zero attached hydrogens (tertiary/aromatic N) is 1. The van der Waals surface area contributed by atoms with Crippen molar-refractivity contribution in [2.24, 2.45) is 5.73 Å². The highest BCUT2D eigenvalue weighted by molar-refractivity contribution is 5.90. The smallest absolute Gasteiger partial charge is 0.266 e. The number of primary amides is 1. The van der Waals surface area contributed by atoms with Gasteiger partial charge in [-0.2, -0.15) is 0 Å². The Labute approximate surface area is 212 Å². The summed E-state index contributed by atoms with van der Waals surface area (Å²) in [5, 5.41) is 0. The molecule has 6 heteroatoms. The molecule has 0 saturated carbocycles. The summed E-state index contributed by atoms with van der Waals surface area (Å²) >= 11 is 0. The molecule has 0 fully saturated rings. The third kappa shape index (κ3) is 7.06.